The predicted octanol–water partition coefficient (Wildman–Crippen LogP) is 0.391. The molecule has 0 fully saturated rings. The molecule has 1 rings (SSSR count). The summed E-state index contributed by atoms with van der Waals surface area (Å²) >= 11 is 0. The Morgan fingerprint density at radius 2 is 2.10 bits per heavy atom. The molecule has 0 heterocycles. The normalized spacial score (nSPS) is 12.2. The molecule has 0 radical (unpaired) electrons. The standard InChI is InChI=1S/C14H22N4O3/c1-14(2,13(16)19)8-17-7-10-6-9(12(15)18-20)4-5-11(10)21-3/h4-6,17,20H,7-8H2,1-3H3,(H2,15,18)(H2,16,19). The first-order valence-electron chi connectivity index (χ1n) is 6.47. The third kappa shape index (κ3) is 4.35. The van der Waals surface area contributed by atoms with Crippen LogP contribution in [-0.2, 0) is 11.3 Å². The average Bonchev–Trinajstić information content (AvgIpc) is 2.45. The fraction of sp³-hybridized carbons (Fsp3) is 0.429. The van der Waals surface area contributed by atoms with E-state index in [-0.39, 0.29) is 11.7 Å². The maximum atomic E-state index is 11.3. The molecule has 1 amide bonds. The molecule has 0 saturated heterocycles. The predicted molar refractivity (Wildman–Crippen MR) is 80.2 cm³/mol. The van der Waals surface area contributed by atoms with Crippen molar-refractivity contribution in [3.63, 3.8) is 0 Å². The summed E-state index contributed by atoms with van der Waals surface area (Å²) in [6, 6.07) is 5.20. The number of oxime groups is 1. The monoisotopic (exact) mass is 294 g/mol. The molecule has 0 unspecified atom stereocenters. The maximum absolute atomic E-state index is 11.3. The van der Waals surface area contributed by atoms with Gasteiger partial charge in [0.15, 0.2) is 5.84 Å². The van der Waals surface area contributed by atoms with Crippen LogP contribution in [-0.4, -0.2) is 30.6 Å². The molecule has 0 atom stereocenters. The molecule has 0 spiro atoms. The van der Waals surface area contributed by atoms with Crippen LogP contribution in [0.1, 0.15) is 25.0 Å². The summed E-state index contributed by atoms with van der Waals surface area (Å²) in [5.74, 6) is 0.331. The Labute approximate surface area is 123 Å². The van der Waals surface area contributed by atoms with E-state index in [0.29, 0.717) is 24.4 Å². The molecular formula is C14H22N4O3. The number of ether oxygens (including phenoxy) is 1. The molecule has 1 aromatic carbocycles. The zero-order valence-electron chi connectivity index (χ0n) is 12.5. The van der Waals surface area contributed by atoms with E-state index in [1.54, 1.807) is 39.2 Å². The van der Waals surface area contributed by atoms with Crippen molar-refractivity contribution in [2.75, 3.05) is 13.7 Å². The molecule has 0 aromatic heterocycles. The Morgan fingerprint density at radius 1 is 1.43 bits per heavy atom. The molecule has 6 N–H and O–H groups in total. The van der Waals surface area contributed by atoms with Gasteiger partial charge in [-0.2, -0.15) is 0 Å². The number of benzene rings is 1. The summed E-state index contributed by atoms with van der Waals surface area (Å²) in [6.45, 7) is 4.44. The number of hydrogen-bond donors (Lipinski definition) is 4. The molecular weight excluding hydrogens is 272 g/mol. The third-order valence-corrected chi connectivity index (χ3v) is 3.23. The van der Waals surface area contributed by atoms with Crippen molar-refractivity contribution >= 4 is 11.7 Å². The Kier molecular flexibility index (Phi) is 5.54. The Hall–Kier alpha value is -2.28. The van der Waals surface area contributed by atoms with Gasteiger partial charge in [0.1, 0.15) is 5.75 Å². The number of amides is 1. The molecule has 7 heteroatoms. The summed E-state index contributed by atoms with van der Waals surface area (Å²) in [6.07, 6.45) is 0. The van der Waals surface area contributed by atoms with Gasteiger partial charge in [-0.3, -0.25) is 4.79 Å². The van der Waals surface area contributed by atoms with Crippen LogP contribution in [0.5, 0.6) is 5.75 Å². The topological polar surface area (TPSA) is 123 Å². The van der Waals surface area contributed by atoms with Gasteiger partial charge in [-0.15, -0.1) is 0 Å². The van der Waals surface area contributed by atoms with Gasteiger partial charge in [-0.25, -0.2) is 0 Å². The minimum Gasteiger partial charge on any atom is -0.496 e. The number of nitrogens with two attached hydrogens (primary N) is 2. The molecule has 0 aliphatic heterocycles. The van der Waals surface area contributed by atoms with Crippen molar-refractivity contribution in [3.05, 3.63) is 29.3 Å². The summed E-state index contributed by atoms with van der Waals surface area (Å²) < 4.78 is 5.27. The number of amidine groups is 1. The number of primary amides is 1. The van der Waals surface area contributed by atoms with Crippen molar-refractivity contribution in [2.45, 2.75) is 20.4 Å². The average molecular weight is 294 g/mol. The number of nitrogens with one attached hydrogen (secondary N) is 1. The lowest BCUT2D eigenvalue weighted by atomic mass is 9.92. The molecule has 7 nitrogen and oxygen atoms in total. The van der Waals surface area contributed by atoms with Crippen LogP contribution in [0.25, 0.3) is 0 Å². The van der Waals surface area contributed by atoms with Crippen LogP contribution in [0.2, 0.25) is 0 Å². The van der Waals surface area contributed by atoms with Gasteiger partial charge in [0, 0.05) is 24.2 Å². The first-order chi connectivity index (χ1) is 9.81. The van der Waals surface area contributed by atoms with E-state index in [1.165, 1.54) is 0 Å². The second-order valence-electron chi connectivity index (χ2n) is 5.36. The Morgan fingerprint density at radius 3 is 2.62 bits per heavy atom. The van der Waals surface area contributed by atoms with E-state index in [0.717, 1.165) is 5.56 Å². The lowest BCUT2D eigenvalue weighted by molar-refractivity contribution is -0.125. The van der Waals surface area contributed by atoms with Gasteiger partial charge in [0.05, 0.1) is 12.5 Å². The summed E-state index contributed by atoms with van der Waals surface area (Å²) in [5.41, 5.74) is 11.7. The molecule has 21 heavy (non-hydrogen) atoms. The number of hydrogen-bond acceptors (Lipinski definition) is 5. The first kappa shape index (κ1) is 16.8. The minimum absolute atomic E-state index is 0.0244. The highest BCUT2D eigenvalue weighted by molar-refractivity contribution is 5.97. The van der Waals surface area contributed by atoms with Crippen LogP contribution in [0, 0.1) is 5.41 Å². The molecule has 0 aliphatic carbocycles. The number of carbonyl (C=O) groups is 1. The van der Waals surface area contributed by atoms with Crippen LogP contribution >= 0.6 is 0 Å². The van der Waals surface area contributed by atoms with Crippen LogP contribution in [0.3, 0.4) is 0 Å². The molecule has 0 aliphatic rings. The SMILES string of the molecule is COc1ccc(/C(N)=N/O)cc1CNCC(C)(C)C(N)=O. The number of nitrogens with zero attached hydrogens (tertiary/aromatic N) is 1. The van der Waals surface area contributed by atoms with Crippen molar-refractivity contribution in [1.29, 1.82) is 0 Å². The van der Waals surface area contributed by atoms with Crippen molar-refractivity contribution in [2.24, 2.45) is 22.0 Å². The highest BCUT2D eigenvalue weighted by atomic mass is 16.5. The van der Waals surface area contributed by atoms with E-state index in [9.17, 15) is 4.79 Å². The maximum Gasteiger partial charge on any atom is 0.224 e. The number of carbonyl (C=O) groups excluding carboxylic acids is 1. The first-order valence-corrected chi connectivity index (χ1v) is 6.47. The van der Waals surface area contributed by atoms with Crippen LogP contribution < -0.4 is 21.5 Å². The quantitative estimate of drug-likeness (QED) is 0.251. The summed E-state index contributed by atoms with van der Waals surface area (Å²) in [5, 5.41) is 14.8. The van der Waals surface area contributed by atoms with E-state index < -0.39 is 5.41 Å². The van der Waals surface area contributed by atoms with Crippen molar-refractivity contribution in [1.82, 2.24) is 5.32 Å². The highest BCUT2D eigenvalue weighted by Crippen LogP contribution is 2.20. The molecule has 0 saturated carbocycles. The Balaban J connectivity index is 2.84. The van der Waals surface area contributed by atoms with Crippen molar-refractivity contribution in [3.8, 4) is 5.75 Å². The van der Waals surface area contributed by atoms with Gasteiger partial charge >= 0.3 is 0 Å². The van der Waals surface area contributed by atoms with E-state index in [4.69, 9.17) is 21.4 Å². The minimum atomic E-state index is -0.642. The fourth-order valence-electron chi connectivity index (χ4n) is 1.73. The molecule has 0 bridgehead atoms. The number of rotatable bonds is 7. The third-order valence-electron chi connectivity index (χ3n) is 3.23. The zero-order chi connectivity index (χ0) is 16.0. The lowest BCUT2D eigenvalue weighted by Crippen LogP contribution is -2.40. The van der Waals surface area contributed by atoms with Crippen LogP contribution in [0.15, 0.2) is 23.4 Å². The fourth-order valence-corrected chi connectivity index (χ4v) is 1.73. The highest BCUT2D eigenvalue weighted by Gasteiger charge is 2.24. The largest absolute Gasteiger partial charge is 0.496 e. The van der Waals surface area contributed by atoms with Gasteiger partial charge in [-0.1, -0.05) is 5.16 Å². The van der Waals surface area contributed by atoms with Gasteiger partial charge in [0.25, 0.3) is 0 Å². The Bertz CT molecular complexity index is 541. The van der Waals surface area contributed by atoms with Gasteiger partial charge in [0.2, 0.25) is 5.91 Å². The second kappa shape index (κ2) is 6.94. The molecule has 116 valence electrons. The molecule has 1 aromatic rings. The second-order valence-corrected chi connectivity index (χ2v) is 5.36. The van der Waals surface area contributed by atoms with Gasteiger partial charge < -0.3 is 26.7 Å². The van der Waals surface area contributed by atoms with Crippen molar-refractivity contribution < 1.29 is 14.7 Å². The summed E-state index contributed by atoms with van der Waals surface area (Å²) in [7, 11) is 1.56. The summed E-state index contributed by atoms with van der Waals surface area (Å²) in [4.78, 5) is 11.3. The van der Waals surface area contributed by atoms with E-state index in [2.05, 4.69) is 10.5 Å². The van der Waals surface area contributed by atoms with Gasteiger partial charge in [-0.05, 0) is 32.0 Å². The van der Waals surface area contributed by atoms with E-state index >= 15 is 0 Å². The smallest absolute Gasteiger partial charge is 0.224 e. The lowest BCUT2D eigenvalue weighted by Gasteiger charge is -2.21. The van der Waals surface area contributed by atoms with E-state index in [1.807, 2.05) is 0 Å². The number of methoxy groups -OCH3 is 1. The zero-order valence-corrected chi connectivity index (χ0v) is 12.5. The van der Waals surface area contributed by atoms with Crippen LogP contribution in [0.4, 0.5) is 0 Å².